The van der Waals surface area contributed by atoms with E-state index in [4.69, 9.17) is 0 Å². The van der Waals surface area contributed by atoms with Gasteiger partial charge in [-0.15, -0.1) is 0 Å². The zero-order valence-electron chi connectivity index (χ0n) is 17.1. The number of nitrogens with zero attached hydrogens (tertiary/aromatic N) is 1. The van der Waals surface area contributed by atoms with Crippen molar-refractivity contribution < 1.29 is 4.79 Å². The smallest absolute Gasteiger partial charge is 0.162 e. The van der Waals surface area contributed by atoms with Crippen molar-refractivity contribution in [3.05, 3.63) is 119 Å². The fourth-order valence-electron chi connectivity index (χ4n) is 5.23. The molecule has 0 bridgehead atoms. The van der Waals surface area contributed by atoms with E-state index in [1.165, 1.54) is 5.56 Å². The second-order valence-electron chi connectivity index (χ2n) is 8.40. The molecule has 0 fully saturated rings. The van der Waals surface area contributed by atoms with Gasteiger partial charge in [-0.05, 0) is 47.2 Å². The average Bonchev–Trinajstić information content (AvgIpc) is 2.83. The SMILES string of the molecule is O=C1C[C@H](c2ccccc2)CC2=C1[C@H](c1ccccc1)c1c(ccc3ncccc13)N2. The van der Waals surface area contributed by atoms with Crippen LogP contribution in [-0.2, 0) is 4.79 Å². The van der Waals surface area contributed by atoms with Gasteiger partial charge in [0.15, 0.2) is 5.78 Å². The Morgan fingerprint density at radius 2 is 1.52 bits per heavy atom. The number of anilines is 1. The molecule has 0 unspecified atom stereocenters. The summed E-state index contributed by atoms with van der Waals surface area (Å²) in [4.78, 5) is 18.2. The predicted molar refractivity (Wildman–Crippen MR) is 124 cm³/mol. The van der Waals surface area contributed by atoms with Crippen LogP contribution in [0.4, 0.5) is 5.69 Å². The van der Waals surface area contributed by atoms with Gasteiger partial charge in [0.1, 0.15) is 0 Å². The molecule has 150 valence electrons. The number of benzene rings is 3. The summed E-state index contributed by atoms with van der Waals surface area (Å²) >= 11 is 0. The van der Waals surface area contributed by atoms with E-state index in [0.717, 1.165) is 45.4 Å². The maximum absolute atomic E-state index is 13.6. The predicted octanol–water partition coefficient (Wildman–Crippen LogP) is 6.19. The standard InChI is InChI=1S/C28H22N2O/c31-25-17-20(18-8-3-1-4-9-18)16-24-28(25)26(19-10-5-2-6-11-19)27-21-12-7-15-29-22(21)13-14-23(27)30-24/h1-15,20,26,30H,16-17H2/t20-,26-/m1/s1. The van der Waals surface area contributed by atoms with Crippen LogP contribution in [0.2, 0.25) is 0 Å². The fourth-order valence-corrected chi connectivity index (χ4v) is 5.23. The molecule has 1 N–H and O–H groups in total. The number of Topliss-reactive ketones (excluding diaryl/α,β-unsaturated/α-hetero) is 1. The molecule has 2 atom stereocenters. The molecule has 0 saturated carbocycles. The second-order valence-corrected chi connectivity index (χ2v) is 8.40. The zero-order chi connectivity index (χ0) is 20.8. The molecule has 31 heavy (non-hydrogen) atoms. The Balaban J connectivity index is 1.56. The summed E-state index contributed by atoms with van der Waals surface area (Å²) in [5, 5.41) is 4.75. The lowest BCUT2D eigenvalue weighted by Crippen LogP contribution is -2.30. The van der Waals surface area contributed by atoms with Crippen molar-refractivity contribution >= 4 is 22.4 Å². The van der Waals surface area contributed by atoms with Gasteiger partial charge in [0.2, 0.25) is 0 Å². The first-order valence-electron chi connectivity index (χ1n) is 10.8. The van der Waals surface area contributed by atoms with E-state index in [1.807, 2.05) is 24.4 Å². The summed E-state index contributed by atoms with van der Waals surface area (Å²) in [6.07, 6.45) is 3.22. The van der Waals surface area contributed by atoms with E-state index in [-0.39, 0.29) is 17.6 Å². The van der Waals surface area contributed by atoms with Gasteiger partial charge in [-0.2, -0.15) is 0 Å². The Morgan fingerprint density at radius 3 is 2.29 bits per heavy atom. The Hall–Kier alpha value is -3.72. The number of hydrogen-bond acceptors (Lipinski definition) is 3. The van der Waals surface area contributed by atoms with Crippen LogP contribution in [0, 0.1) is 0 Å². The third-order valence-electron chi connectivity index (χ3n) is 6.60. The van der Waals surface area contributed by atoms with E-state index < -0.39 is 0 Å². The molecule has 2 aliphatic rings. The third-order valence-corrected chi connectivity index (χ3v) is 6.60. The number of rotatable bonds is 2. The lowest BCUT2D eigenvalue weighted by atomic mass is 9.71. The van der Waals surface area contributed by atoms with Gasteiger partial charge in [0, 0.05) is 40.9 Å². The average molecular weight is 402 g/mol. The van der Waals surface area contributed by atoms with E-state index >= 15 is 0 Å². The molecule has 3 aromatic carbocycles. The number of carbonyl (C=O) groups excluding carboxylic acids is 1. The number of aromatic nitrogens is 1. The maximum atomic E-state index is 13.6. The van der Waals surface area contributed by atoms with Crippen LogP contribution >= 0.6 is 0 Å². The minimum atomic E-state index is -0.0791. The van der Waals surface area contributed by atoms with Crippen LogP contribution in [0.1, 0.15) is 41.4 Å². The van der Waals surface area contributed by atoms with Crippen molar-refractivity contribution in [2.45, 2.75) is 24.7 Å². The maximum Gasteiger partial charge on any atom is 0.162 e. The second kappa shape index (κ2) is 7.21. The number of pyridine rings is 1. The van der Waals surface area contributed by atoms with Crippen LogP contribution < -0.4 is 5.32 Å². The van der Waals surface area contributed by atoms with E-state index in [0.29, 0.717) is 6.42 Å². The first kappa shape index (κ1) is 18.1. The summed E-state index contributed by atoms with van der Waals surface area (Å²) in [6, 6.07) is 29.1. The highest BCUT2D eigenvalue weighted by Gasteiger charge is 2.39. The number of hydrogen-bond donors (Lipinski definition) is 1. The number of carbonyl (C=O) groups is 1. The lowest BCUT2D eigenvalue weighted by molar-refractivity contribution is -0.116. The van der Waals surface area contributed by atoms with Crippen LogP contribution in [0.3, 0.4) is 0 Å². The normalized spacial score (nSPS) is 20.2. The van der Waals surface area contributed by atoms with E-state index in [2.05, 4.69) is 77.0 Å². The van der Waals surface area contributed by atoms with Gasteiger partial charge in [0.25, 0.3) is 0 Å². The van der Waals surface area contributed by atoms with Crippen molar-refractivity contribution in [1.82, 2.24) is 4.98 Å². The number of fused-ring (bicyclic) bond motifs is 3. The highest BCUT2D eigenvalue weighted by Crippen LogP contribution is 2.49. The molecule has 0 amide bonds. The molecule has 4 aromatic rings. The molecular formula is C28H22N2O. The van der Waals surface area contributed by atoms with Gasteiger partial charge in [0.05, 0.1) is 5.52 Å². The Morgan fingerprint density at radius 1 is 0.774 bits per heavy atom. The summed E-state index contributed by atoms with van der Waals surface area (Å²) in [5.41, 5.74) is 7.56. The largest absolute Gasteiger partial charge is 0.358 e. The molecule has 0 radical (unpaired) electrons. The molecule has 0 saturated heterocycles. The lowest BCUT2D eigenvalue weighted by Gasteiger charge is -2.37. The summed E-state index contributed by atoms with van der Waals surface area (Å²) in [7, 11) is 0. The van der Waals surface area contributed by atoms with E-state index in [1.54, 1.807) is 0 Å². The molecule has 0 spiro atoms. The van der Waals surface area contributed by atoms with Crippen molar-refractivity contribution in [2.24, 2.45) is 0 Å². The fraction of sp³-hybridized carbons (Fsp3) is 0.143. The quantitative estimate of drug-likeness (QED) is 0.434. The first-order chi connectivity index (χ1) is 15.3. The summed E-state index contributed by atoms with van der Waals surface area (Å²) in [5.74, 6) is 0.368. The van der Waals surface area contributed by atoms with Crippen molar-refractivity contribution in [3.63, 3.8) is 0 Å². The van der Waals surface area contributed by atoms with E-state index in [9.17, 15) is 4.79 Å². The van der Waals surface area contributed by atoms with Gasteiger partial charge >= 0.3 is 0 Å². The highest BCUT2D eigenvalue weighted by molar-refractivity contribution is 6.04. The molecule has 6 rings (SSSR count). The third kappa shape index (κ3) is 2.97. The molecule has 3 heteroatoms. The monoisotopic (exact) mass is 402 g/mol. The first-order valence-corrected chi connectivity index (χ1v) is 10.8. The van der Waals surface area contributed by atoms with Gasteiger partial charge in [-0.25, -0.2) is 0 Å². The number of ketones is 1. The van der Waals surface area contributed by atoms with Gasteiger partial charge in [-0.3, -0.25) is 9.78 Å². The van der Waals surface area contributed by atoms with Gasteiger partial charge < -0.3 is 5.32 Å². The Kier molecular flexibility index (Phi) is 4.20. The van der Waals surface area contributed by atoms with Crippen molar-refractivity contribution in [3.8, 4) is 0 Å². The topological polar surface area (TPSA) is 42.0 Å². The van der Waals surface area contributed by atoms with Gasteiger partial charge in [-0.1, -0.05) is 66.7 Å². The molecule has 1 aromatic heterocycles. The van der Waals surface area contributed by atoms with Crippen LogP contribution in [-0.4, -0.2) is 10.8 Å². The van der Waals surface area contributed by atoms with Crippen molar-refractivity contribution in [2.75, 3.05) is 5.32 Å². The number of allylic oxidation sites excluding steroid dienone is 2. The minimum Gasteiger partial charge on any atom is -0.358 e. The Labute approximate surface area is 181 Å². The van der Waals surface area contributed by atoms with Crippen LogP contribution in [0.15, 0.2) is 102 Å². The molecular weight excluding hydrogens is 380 g/mol. The molecule has 2 heterocycles. The summed E-state index contributed by atoms with van der Waals surface area (Å²) < 4.78 is 0. The minimum absolute atomic E-state index is 0.0791. The Bertz CT molecular complexity index is 1330. The highest BCUT2D eigenvalue weighted by atomic mass is 16.1. The zero-order valence-corrected chi connectivity index (χ0v) is 17.1. The summed E-state index contributed by atoms with van der Waals surface area (Å²) in [6.45, 7) is 0. The molecule has 3 nitrogen and oxygen atoms in total. The number of nitrogens with one attached hydrogen (secondary N) is 1. The molecule has 1 aliphatic heterocycles. The molecule has 1 aliphatic carbocycles. The van der Waals surface area contributed by atoms with Crippen molar-refractivity contribution in [1.29, 1.82) is 0 Å². The van der Waals surface area contributed by atoms with Crippen LogP contribution in [0.25, 0.3) is 10.9 Å². The van der Waals surface area contributed by atoms with Crippen LogP contribution in [0.5, 0.6) is 0 Å².